The van der Waals surface area contributed by atoms with Gasteiger partial charge in [-0.1, -0.05) is 0 Å². The number of nitrogen functional groups attached to an aromatic ring is 2. The number of aromatic amines is 1. The average molecular weight is 191 g/mol. The van der Waals surface area contributed by atoms with Crippen molar-refractivity contribution in [2.45, 2.75) is 6.92 Å². The van der Waals surface area contributed by atoms with E-state index in [4.69, 9.17) is 11.5 Å². The van der Waals surface area contributed by atoms with Crippen LogP contribution in [-0.2, 0) is 0 Å². The lowest BCUT2D eigenvalue weighted by Crippen LogP contribution is -2.04. The van der Waals surface area contributed by atoms with Crippen molar-refractivity contribution in [3.05, 3.63) is 12.0 Å². The highest BCUT2D eigenvalue weighted by atomic mass is 15.1. The second-order valence-corrected chi connectivity index (χ2v) is 2.75. The highest BCUT2D eigenvalue weighted by Crippen LogP contribution is 2.12. The fourth-order valence-corrected chi connectivity index (χ4v) is 1.06. The highest BCUT2D eigenvalue weighted by Gasteiger charge is 2.07. The summed E-state index contributed by atoms with van der Waals surface area (Å²) in [6, 6.07) is 0. The molecule has 2 heterocycles. The van der Waals surface area contributed by atoms with Gasteiger partial charge >= 0.3 is 0 Å². The smallest absolute Gasteiger partial charge is 0.225 e. The Hall–Kier alpha value is -2.18. The number of imidazole rings is 1. The van der Waals surface area contributed by atoms with Crippen molar-refractivity contribution < 1.29 is 0 Å². The SMILES string of the molecule is Cc1nc(-c2nc(N)nc(N)n2)c[nH]1. The first-order valence-corrected chi connectivity index (χ1v) is 3.94. The summed E-state index contributed by atoms with van der Waals surface area (Å²) in [6.07, 6.45) is 1.68. The minimum absolute atomic E-state index is 0.0909. The molecule has 5 N–H and O–H groups in total. The molecule has 0 unspecified atom stereocenters. The molecule has 0 radical (unpaired) electrons. The van der Waals surface area contributed by atoms with E-state index in [1.165, 1.54) is 0 Å². The standard InChI is InChI=1S/C7H9N7/c1-3-10-2-4(11-3)5-12-6(8)14-7(9)13-5/h2H,1H3,(H,10,11)(H4,8,9,12,13,14). The van der Waals surface area contributed by atoms with E-state index in [0.29, 0.717) is 11.5 Å². The monoisotopic (exact) mass is 191 g/mol. The molecule has 0 aromatic carbocycles. The molecule has 0 spiro atoms. The maximum Gasteiger partial charge on any atom is 0.225 e. The normalized spacial score (nSPS) is 10.4. The van der Waals surface area contributed by atoms with E-state index in [2.05, 4.69) is 24.9 Å². The third-order valence-electron chi connectivity index (χ3n) is 1.61. The Balaban J connectivity index is 2.51. The number of anilines is 2. The van der Waals surface area contributed by atoms with Crippen LogP contribution in [0.3, 0.4) is 0 Å². The van der Waals surface area contributed by atoms with Crippen LogP contribution in [0, 0.1) is 6.92 Å². The Morgan fingerprint density at radius 2 is 1.71 bits per heavy atom. The lowest BCUT2D eigenvalue weighted by Gasteiger charge is -1.97. The van der Waals surface area contributed by atoms with Crippen LogP contribution in [0.1, 0.15) is 5.82 Å². The van der Waals surface area contributed by atoms with Crippen molar-refractivity contribution in [1.82, 2.24) is 24.9 Å². The summed E-state index contributed by atoms with van der Waals surface area (Å²) >= 11 is 0. The van der Waals surface area contributed by atoms with Gasteiger partial charge in [0, 0.05) is 6.20 Å². The van der Waals surface area contributed by atoms with Gasteiger partial charge in [-0.15, -0.1) is 0 Å². The van der Waals surface area contributed by atoms with Crippen LogP contribution in [0.2, 0.25) is 0 Å². The van der Waals surface area contributed by atoms with Gasteiger partial charge in [-0.3, -0.25) is 0 Å². The minimum Gasteiger partial charge on any atom is -0.368 e. The first-order chi connectivity index (χ1) is 6.65. The third kappa shape index (κ3) is 1.47. The van der Waals surface area contributed by atoms with Crippen molar-refractivity contribution in [2.24, 2.45) is 0 Å². The average Bonchev–Trinajstić information content (AvgIpc) is 2.50. The Morgan fingerprint density at radius 1 is 1.07 bits per heavy atom. The maximum atomic E-state index is 5.42. The number of aryl methyl sites for hydroxylation is 1. The van der Waals surface area contributed by atoms with Gasteiger partial charge in [0.25, 0.3) is 0 Å². The van der Waals surface area contributed by atoms with Crippen molar-refractivity contribution in [2.75, 3.05) is 11.5 Å². The predicted octanol–water partition coefficient (Wildman–Crippen LogP) is -0.265. The van der Waals surface area contributed by atoms with Crippen LogP contribution < -0.4 is 11.5 Å². The van der Waals surface area contributed by atoms with E-state index in [9.17, 15) is 0 Å². The fraction of sp³-hybridized carbons (Fsp3) is 0.143. The van der Waals surface area contributed by atoms with E-state index in [-0.39, 0.29) is 11.9 Å². The molecule has 0 saturated carbocycles. The number of rotatable bonds is 1. The van der Waals surface area contributed by atoms with Crippen LogP contribution >= 0.6 is 0 Å². The molecule has 0 amide bonds. The molecule has 2 aromatic rings. The van der Waals surface area contributed by atoms with E-state index >= 15 is 0 Å². The van der Waals surface area contributed by atoms with E-state index in [0.717, 1.165) is 5.82 Å². The van der Waals surface area contributed by atoms with Crippen molar-refractivity contribution >= 4 is 11.9 Å². The van der Waals surface area contributed by atoms with Crippen LogP contribution in [0.5, 0.6) is 0 Å². The molecule has 7 nitrogen and oxygen atoms in total. The molecule has 72 valence electrons. The molecule has 2 aromatic heterocycles. The number of nitrogens with one attached hydrogen (secondary N) is 1. The Kier molecular flexibility index (Phi) is 1.77. The molecule has 0 aliphatic rings. The summed E-state index contributed by atoms with van der Waals surface area (Å²) in [5.74, 6) is 1.33. The molecule has 0 atom stereocenters. The molecule has 0 aliphatic heterocycles. The lowest BCUT2D eigenvalue weighted by molar-refractivity contribution is 1.07. The van der Waals surface area contributed by atoms with Gasteiger partial charge in [0.15, 0.2) is 5.82 Å². The molecule has 0 aliphatic carbocycles. The van der Waals surface area contributed by atoms with Gasteiger partial charge < -0.3 is 16.5 Å². The summed E-state index contributed by atoms with van der Waals surface area (Å²) in [5, 5.41) is 0. The predicted molar refractivity (Wildman–Crippen MR) is 51.0 cm³/mol. The number of hydrogen-bond donors (Lipinski definition) is 3. The Morgan fingerprint density at radius 3 is 2.21 bits per heavy atom. The summed E-state index contributed by atoms with van der Waals surface area (Å²) < 4.78 is 0. The Bertz CT molecular complexity index is 441. The van der Waals surface area contributed by atoms with E-state index < -0.39 is 0 Å². The summed E-state index contributed by atoms with van der Waals surface area (Å²) in [6.45, 7) is 1.83. The number of nitrogens with two attached hydrogens (primary N) is 2. The van der Waals surface area contributed by atoms with Crippen molar-refractivity contribution in [3.63, 3.8) is 0 Å². The van der Waals surface area contributed by atoms with E-state index in [1.54, 1.807) is 6.20 Å². The quantitative estimate of drug-likeness (QED) is 0.571. The lowest BCUT2D eigenvalue weighted by atomic mass is 10.4. The molecule has 7 heteroatoms. The molecular formula is C7H9N7. The zero-order valence-corrected chi connectivity index (χ0v) is 7.52. The molecule has 0 fully saturated rings. The summed E-state index contributed by atoms with van der Waals surface area (Å²) in [5.41, 5.74) is 11.4. The summed E-state index contributed by atoms with van der Waals surface area (Å²) in [4.78, 5) is 18.5. The van der Waals surface area contributed by atoms with Gasteiger partial charge in [0.1, 0.15) is 11.5 Å². The molecule has 0 bridgehead atoms. The highest BCUT2D eigenvalue weighted by molar-refractivity contribution is 5.51. The zero-order valence-electron chi connectivity index (χ0n) is 7.52. The van der Waals surface area contributed by atoms with Gasteiger partial charge in [-0.05, 0) is 6.92 Å². The maximum absolute atomic E-state index is 5.42. The fourth-order valence-electron chi connectivity index (χ4n) is 1.06. The largest absolute Gasteiger partial charge is 0.368 e. The zero-order chi connectivity index (χ0) is 10.1. The number of H-pyrrole nitrogens is 1. The Labute approximate surface area is 79.6 Å². The number of hydrogen-bond acceptors (Lipinski definition) is 6. The van der Waals surface area contributed by atoms with Gasteiger partial charge in [0.2, 0.25) is 11.9 Å². The van der Waals surface area contributed by atoms with Gasteiger partial charge in [-0.25, -0.2) is 4.98 Å². The molecule has 14 heavy (non-hydrogen) atoms. The second kappa shape index (κ2) is 2.95. The van der Waals surface area contributed by atoms with Crippen LogP contribution in [0.15, 0.2) is 6.20 Å². The first-order valence-electron chi connectivity index (χ1n) is 3.94. The molecule has 0 saturated heterocycles. The second-order valence-electron chi connectivity index (χ2n) is 2.75. The van der Waals surface area contributed by atoms with Crippen LogP contribution in [0.4, 0.5) is 11.9 Å². The van der Waals surface area contributed by atoms with Gasteiger partial charge in [-0.2, -0.15) is 15.0 Å². The summed E-state index contributed by atoms with van der Waals surface area (Å²) in [7, 11) is 0. The van der Waals surface area contributed by atoms with Crippen LogP contribution in [-0.4, -0.2) is 24.9 Å². The molecule has 2 rings (SSSR count). The van der Waals surface area contributed by atoms with Gasteiger partial charge in [0.05, 0.1) is 0 Å². The first kappa shape index (κ1) is 8.42. The minimum atomic E-state index is 0.0909. The number of aromatic nitrogens is 5. The van der Waals surface area contributed by atoms with Crippen molar-refractivity contribution in [3.8, 4) is 11.5 Å². The van der Waals surface area contributed by atoms with E-state index in [1.807, 2.05) is 6.92 Å². The number of nitrogens with zero attached hydrogens (tertiary/aromatic N) is 4. The molecular weight excluding hydrogens is 182 g/mol. The topological polar surface area (TPSA) is 119 Å². The third-order valence-corrected chi connectivity index (χ3v) is 1.61. The van der Waals surface area contributed by atoms with Crippen molar-refractivity contribution in [1.29, 1.82) is 0 Å². The van der Waals surface area contributed by atoms with Crippen LogP contribution in [0.25, 0.3) is 11.5 Å².